The molecule has 1 heterocycles. The molecule has 0 aliphatic carbocycles. The molecule has 1 N–H and O–H groups in total. The third kappa shape index (κ3) is 8.21. The third-order valence-electron chi connectivity index (χ3n) is 6.88. The Balaban J connectivity index is 2.00. The van der Waals surface area contributed by atoms with Crippen LogP contribution < -0.4 is 15.6 Å². The van der Waals surface area contributed by atoms with E-state index in [0.29, 0.717) is 45.1 Å². The molecule has 0 bridgehead atoms. The maximum absolute atomic E-state index is 13.7. The van der Waals surface area contributed by atoms with Crippen LogP contribution in [-0.2, 0) is 9.53 Å². The molecular formula is C32H36ClN3O5. The second-order valence-corrected chi connectivity index (χ2v) is 10.4. The molecule has 0 aliphatic heterocycles. The van der Waals surface area contributed by atoms with Crippen LogP contribution in [0.15, 0.2) is 59.5 Å². The van der Waals surface area contributed by atoms with E-state index in [9.17, 15) is 19.6 Å². The van der Waals surface area contributed by atoms with Crippen molar-refractivity contribution in [2.75, 3.05) is 19.0 Å². The van der Waals surface area contributed by atoms with E-state index < -0.39 is 17.6 Å². The highest BCUT2D eigenvalue weighted by Gasteiger charge is 2.26. The van der Waals surface area contributed by atoms with Gasteiger partial charge in [-0.2, -0.15) is 5.26 Å². The molecule has 0 saturated heterocycles. The topological polar surface area (TPSA) is 110 Å². The molecule has 1 aromatic heterocycles. The summed E-state index contributed by atoms with van der Waals surface area (Å²) >= 11 is 6.20. The molecule has 1 amide bonds. The van der Waals surface area contributed by atoms with Crippen molar-refractivity contribution in [1.29, 1.82) is 5.26 Å². The highest BCUT2D eigenvalue weighted by atomic mass is 35.5. The number of hydrogen-bond acceptors (Lipinski definition) is 6. The van der Waals surface area contributed by atoms with E-state index in [-0.39, 0.29) is 18.4 Å². The van der Waals surface area contributed by atoms with Crippen molar-refractivity contribution < 1.29 is 19.1 Å². The van der Waals surface area contributed by atoms with Crippen molar-refractivity contribution in [3.8, 4) is 22.9 Å². The number of ether oxygens (including phenoxy) is 2. The lowest BCUT2D eigenvalue weighted by atomic mass is 9.94. The minimum absolute atomic E-state index is 0.166. The van der Waals surface area contributed by atoms with Gasteiger partial charge in [-0.25, -0.2) is 4.79 Å². The summed E-state index contributed by atoms with van der Waals surface area (Å²) in [6, 6.07) is 13.9. The average molecular weight is 578 g/mol. The van der Waals surface area contributed by atoms with Gasteiger partial charge in [0.2, 0.25) is 5.91 Å². The van der Waals surface area contributed by atoms with Gasteiger partial charge >= 0.3 is 5.97 Å². The van der Waals surface area contributed by atoms with Gasteiger partial charge in [0.25, 0.3) is 5.56 Å². The van der Waals surface area contributed by atoms with Crippen LogP contribution in [0.25, 0.3) is 11.1 Å². The molecule has 2 aromatic carbocycles. The van der Waals surface area contributed by atoms with E-state index in [1.165, 1.54) is 23.9 Å². The molecule has 3 aromatic rings. The number of benzene rings is 2. The minimum atomic E-state index is -0.832. The summed E-state index contributed by atoms with van der Waals surface area (Å²) in [6.07, 6.45) is 6.09. The molecule has 41 heavy (non-hydrogen) atoms. The van der Waals surface area contributed by atoms with Gasteiger partial charge in [0.05, 0.1) is 37.1 Å². The van der Waals surface area contributed by atoms with Crippen LogP contribution in [0.1, 0.15) is 74.8 Å². The summed E-state index contributed by atoms with van der Waals surface area (Å²) in [6.45, 7) is 6.21. The van der Waals surface area contributed by atoms with Crippen LogP contribution in [0.3, 0.4) is 0 Å². The zero-order chi connectivity index (χ0) is 29.9. The van der Waals surface area contributed by atoms with Gasteiger partial charge in [0.1, 0.15) is 11.8 Å². The van der Waals surface area contributed by atoms with Crippen LogP contribution in [-0.4, -0.2) is 30.2 Å². The highest BCUT2D eigenvalue weighted by Crippen LogP contribution is 2.34. The van der Waals surface area contributed by atoms with E-state index in [1.807, 2.05) is 0 Å². The van der Waals surface area contributed by atoms with Gasteiger partial charge in [0.15, 0.2) is 0 Å². The lowest BCUT2D eigenvalue weighted by Gasteiger charge is -2.24. The Morgan fingerprint density at radius 2 is 1.80 bits per heavy atom. The first-order valence-corrected chi connectivity index (χ1v) is 14.2. The smallest absolute Gasteiger partial charge is 0.338 e. The Bertz CT molecular complexity index is 1460. The SMILES string of the molecule is CCCCCC(C)CC(C(=O)Nc1ccc(C(=O)OCC)cc1)n1cc(OC)c(-c2cc(Cl)ccc2C#N)cc1=O. The number of rotatable bonds is 13. The van der Waals surface area contributed by atoms with Crippen molar-refractivity contribution in [1.82, 2.24) is 4.57 Å². The number of aromatic nitrogens is 1. The van der Waals surface area contributed by atoms with Crippen LogP contribution in [0, 0.1) is 17.2 Å². The Labute approximate surface area is 245 Å². The van der Waals surface area contributed by atoms with Crippen LogP contribution in [0.4, 0.5) is 5.69 Å². The van der Waals surface area contributed by atoms with Crippen LogP contribution in [0.5, 0.6) is 5.75 Å². The average Bonchev–Trinajstić information content (AvgIpc) is 2.96. The van der Waals surface area contributed by atoms with Gasteiger partial charge in [-0.15, -0.1) is 0 Å². The number of methoxy groups -OCH3 is 1. The molecule has 2 atom stereocenters. The molecule has 2 unspecified atom stereocenters. The molecular weight excluding hydrogens is 542 g/mol. The third-order valence-corrected chi connectivity index (χ3v) is 7.12. The van der Waals surface area contributed by atoms with Gasteiger partial charge < -0.3 is 14.8 Å². The number of nitrogens with zero attached hydrogens (tertiary/aromatic N) is 2. The monoisotopic (exact) mass is 577 g/mol. The van der Waals surface area contributed by atoms with Gasteiger partial charge in [-0.1, -0.05) is 51.1 Å². The highest BCUT2D eigenvalue weighted by molar-refractivity contribution is 6.31. The Hall–Kier alpha value is -4.09. The first-order chi connectivity index (χ1) is 19.7. The van der Waals surface area contributed by atoms with Gasteiger partial charge in [-0.3, -0.25) is 14.2 Å². The quantitative estimate of drug-likeness (QED) is 0.173. The summed E-state index contributed by atoms with van der Waals surface area (Å²) in [7, 11) is 1.47. The maximum atomic E-state index is 13.7. The molecule has 0 aliphatic rings. The fourth-order valence-corrected chi connectivity index (χ4v) is 4.87. The molecule has 8 nitrogen and oxygen atoms in total. The summed E-state index contributed by atoms with van der Waals surface area (Å²) in [5.41, 5.74) is 1.67. The Kier molecular flexibility index (Phi) is 11.5. The number of hydrogen-bond donors (Lipinski definition) is 1. The Morgan fingerprint density at radius 1 is 1.07 bits per heavy atom. The predicted molar refractivity (Wildman–Crippen MR) is 160 cm³/mol. The fourth-order valence-electron chi connectivity index (χ4n) is 4.70. The fraction of sp³-hybridized carbons (Fsp3) is 0.375. The number of carbonyl (C=O) groups excluding carboxylic acids is 2. The van der Waals surface area contributed by atoms with E-state index in [0.717, 1.165) is 25.7 Å². The molecule has 216 valence electrons. The number of amides is 1. The molecule has 0 fully saturated rings. The molecule has 0 spiro atoms. The van der Waals surface area contributed by atoms with Crippen molar-refractivity contribution in [3.63, 3.8) is 0 Å². The molecule has 9 heteroatoms. The molecule has 0 radical (unpaired) electrons. The Morgan fingerprint density at radius 3 is 2.44 bits per heavy atom. The second-order valence-electron chi connectivity index (χ2n) is 9.94. The summed E-state index contributed by atoms with van der Waals surface area (Å²) in [4.78, 5) is 39.2. The standard InChI is InChI=1S/C32H36ClN3O5/c1-5-7-8-9-21(3)16-28(31(38)35-25-14-11-22(12-15-25)32(39)41-6-2)36-20-29(40-4)27(18-30(36)37)26-17-24(33)13-10-23(26)19-34/h10-15,17-18,20-21,28H,5-9,16H2,1-4H3,(H,35,38). The lowest BCUT2D eigenvalue weighted by molar-refractivity contribution is -0.119. The van der Waals surface area contributed by atoms with E-state index in [4.69, 9.17) is 21.1 Å². The van der Waals surface area contributed by atoms with Crippen LogP contribution in [0.2, 0.25) is 5.02 Å². The number of esters is 1. The first-order valence-electron chi connectivity index (χ1n) is 13.8. The van der Waals surface area contributed by atoms with E-state index in [2.05, 4.69) is 25.2 Å². The van der Waals surface area contributed by atoms with Crippen molar-refractivity contribution in [2.24, 2.45) is 5.92 Å². The number of nitrogens with one attached hydrogen (secondary N) is 1. The van der Waals surface area contributed by atoms with Gasteiger partial charge in [-0.05, 0) is 61.7 Å². The zero-order valence-electron chi connectivity index (χ0n) is 23.9. The molecule has 0 saturated carbocycles. The zero-order valence-corrected chi connectivity index (χ0v) is 24.7. The summed E-state index contributed by atoms with van der Waals surface area (Å²) in [5, 5.41) is 12.9. The number of nitriles is 1. The number of halogens is 1. The van der Waals surface area contributed by atoms with Crippen molar-refractivity contribution >= 4 is 29.2 Å². The second kappa shape index (κ2) is 15.1. The van der Waals surface area contributed by atoms with Gasteiger partial charge in [0, 0.05) is 27.9 Å². The van der Waals surface area contributed by atoms with E-state index >= 15 is 0 Å². The van der Waals surface area contributed by atoms with Crippen molar-refractivity contribution in [2.45, 2.75) is 58.9 Å². The lowest BCUT2D eigenvalue weighted by Crippen LogP contribution is -2.34. The first kappa shape index (κ1) is 31.4. The summed E-state index contributed by atoms with van der Waals surface area (Å²) < 4.78 is 12.0. The maximum Gasteiger partial charge on any atom is 0.338 e. The van der Waals surface area contributed by atoms with Crippen LogP contribution >= 0.6 is 11.6 Å². The number of unbranched alkanes of at least 4 members (excludes halogenated alkanes) is 2. The number of carbonyl (C=O) groups is 2. The number of anilines is 1. The predicted octanol–water partition coefficient (Wildman–Crippen LogP) is 7.01. The van der Waals surface area contributed by atoms with Crippen molar-refractivity contribution in [3.05, 3.63) is 81.2 Å². The van der Waals surface area contributed by atoms with E-state index in [1.54, 1.807) is 49.4 Å². The molecule has 3 rings (SSSR count). The largest absolute Gasteiger partial charge is 0.495 e. The summed E-state index contributed by atoms with van der Waals surface area (Å²) in [5.74, 6) is -0.312. The normalized spacial score (nSPS) is 12.2. The minimum Gasteiger partial charge on any atom is -0.495 e. The number of pyridine rings is 1.